The molecular weight excluding hydrogens is 306 g/mol. The van der Waals surface area contributed by atoms with Gasteiger partial charge in [-0.05, 0) is 39.2 Å². The molecule has 0 aliphatic carbocycles. The molecule has 0 bridgehead atoms. The SMILES string of the molecule is CC(=O)N1CCN(C(=O)c2cc(NCCCN(C)C)ccn2)CC1. The van der Waals surface area contributed by atoms with Crippen molar-refractivity contribution in [3.05, 3.63) is 24.0 Å². The number of nitrogens with one attached hydrogen (secondary N) is 1. The van der Waals surface area contributed by atoms with Gasteiger partial charge < -0.3 is 20.0 Å². The highest BCUT2D eigenvalue weighted by Crippen LogP contribution is 2.12. The summed E-state index contributed by atoms with van der Waals surface area (Å²) in [6.45, 7) is 5.72. The molecule has 0 unspecified atom stereocenters. The third-order valence-corrected chi connectivity index (χ3v) is 4.10. The van der Waals surface area contributed by atoms with Crippen molar-refractivity contribution in [3.8, 4) is 0 Å². The third kappa shape index (κ3) is 5.19. The molecule has 0 aromatic carbocycles. The van der Waals surface area contributed by atoms with E-state index in [-0.39, 0.29) is 11.8 Å². The van der Waals surface area contributed by atoms with Crippen molar-refractivity contribution in [1.82, 2.24) is 19.7 Å². The van der Waals surface area contributed by atoms with Gasteiger partial charge in [0.15, 0.2) is 0 Å². The van der Waals surface area contributed by atoms with Crippen LogP contribution < -0.4 is 5.32 Å². The number of anilines is 1. The summed E-state index contributed by atoms with van der Waals surface area (Å²) in [4.78, 5) is 33.8. The summed E-state index contributed by atoms with van der Waals surface area (Å²) in [5, 5.41) is 3.33. The van der Waals surface area contributed by atoms with Crippen LogP contribution in [0.4, 0.5) is 5.69 Å². The maximum absolute atomic E-state index is 12.6. The van der Waals surface area contributed by atoms with Crippen molar-refractivity contribution in [3.63, 3.8) is 0 Å². The molecule has 7 nitrogen and oxygen atoms in total. The van der Waals surface area contributed by atoms with Crippen LogP contribution in [0.5, 0.6) is 0 Å². The maximum atomic E-state index is 12.6. The van der Waals surface area contributed by atoms with Crippen LogP contribution in [0.3, 0.4) is 0 Å². The molecule has 1 fully saturated rings. The molecule has 7 heteroatoms. The van der Waals surface area contributed by atoms with Crippen LogP contribution in [-0.2, 0) is 4.79 Å². The number of piperazine rings is 1. The second-order valence-corrected chi connectivity index (χ2v) is 6.31. The Kier molecular flexibility index (Phi) is 6.54. The van der Waals surface area contributed by atoms with Crippen molar-refractivity contribution in [2.45, 2.75) is 13.3 Å². The van der Waals surface area contributed by atoms with Gasteiger partial charge >= 0.3 is 0 Å². The number of aromatic nitrogens is 1. The van der Waals surface area contributed by atoms with Crippen molar-refractivity contribution in [2.24, 2.45) is 0 Å². The lowest BCUT2D eigenvalue weighted by atomic mass is 10.2. The first-order valence-corrected chi connectivity index (χ1v) is 8.37. The fourth-order valence-corrected chi connectivity index (χ4v) is 2.67. The molecule has 1 aliphatic heterocycles. The minimum Gasteiger partial charge on any atom is -0.385 e. The highest BCUT2D eigenvalue weighted by Gasteiger charge is 2.24. The Morgan fingerprint density at radius 1 is 1.21 bits per heavy atom. The van der Waals surface area contributed by atoms with Crippen LogP contribution in [-0.4, -0.2) is 84.9 Å². The number of carbonyl (C=O) groups excluding carboxylic acids is 2. The quantitative estimate of drug-likeness (QED) is 0.778. The summed E-state index contributed by atoms with van der Waals surface area (Å²) in [5.74, 6) is -0.0145. The van der Waals surface area contributed by atoms with Gasteiger partial charge in [-0.3, -0.25) is 14.6 Å². The van der Waals surface area contributed by atoms with E-state index >= 15 is 0 Å². The van der Waals surface area contributed by atoms with Crippen molar-refractivity contribution < 1.29 is 9.59 Å². The molecule has 2 amide bonds. The van der Waals surface area contributed by atoms with Crippen LogP contribution in [0.1, 0.15) is 23.8 Å². The molecule has 0 atom stereocenters. The molecule has 2 heterocycles. The zero-order valence-electron chi connectivity index (χ0n) is 14.8. The number of amides is 2. The fraction of sp³-hybridized carbons (Fsp3) is 0.588. The molecule has 1 N–H and O–H groups in total. The van der Waals surface area contributed by atoms with E-state index in [0.717, 1.165) is 25.2 Å². The first-order valence-electron chi connectivity index (χ1n) is 8.37. The molecule has 1 aromatic rings. The van der Waals surface area contributed by atoms with E-state index in [1.807, 2.05) is 6.07 Å². The Bertz CT molecular complexity index is 568. The lowest BCUT2D eigenvalue weighted by Crippen LogP contribution is -2.50. The first-order chi connectivity index (χ1) is 11.5. The minimum absolute atomic E-state index is 0.0594. The molecule has 1 aliphatic rings. The number of carbonyl (C=O) groups is 2. The average Bonchev–Trinajstić information content (AvgIpc) is 2.58. The molecule has 1 saturated heterocycles. The van der Waals surface area contributed by atoms with E-state index in [4.69, 9.17) is 0 Å². The lowest BCUT2D eigenvalue weighted by molar-refractivity contribution is -0.130. The molecule has 24 heavy (non-hydrogen) atoms. The number of pyridine rings is 1. The van der Waals surface area contributed by atoms with Gasteiger partial charge in [0.25, 0.3) is 5.91 Å². The Labute approximate surface area is 143 Å². The third-order valence-electron chi connectivity index (χ3n) is 4.10. The molecule has 0 spiro atoms. The van der Waals surface area contributed by atoms with Crippen LogP contribution in [0.15, 0.2) is 18.3 Å². The van der Waals surface area contributed by atoms with Gasteiger partial charge in [-0.2, -0.15) is 0 Å². The maximum Gasteiger partial charge on any atom is 0.272 e. The summed E-state index contributed by atoms with van der Waals surface area (Å²) in [7, 11) is 4.10. The van der Waals surface area contributed by atoms with Gasteiger partial charge in [0.1, 0.15) is 5.69 Å². The predicted molar refractivity (Wildman–Crippen MR) is 94.1 cm³/mol. The smallest absolute Gasteiger partial charge is 0.272 e. The summed E-state index contributed by atoms with van der Waals surface area (Å²) in [6.07, 6.45) is 2.69. The van der Waals surface area contributed by atoms with E-state index in [2.05, 4.69) is 29.3 Å². The Hall–Kier alpha value is -2.15. The lowest BCUT2D eigenvalue weighted by Gasteiger charge is -2.34. The molecule has 0 saturated carbocycles. The zero-order valence-corrected chi connectivity index (χ0v) is 14.8. The highest BCUT2D eigenvalue weighted by molar-refractivity contribution is 5.93. The second kappa shape index (κ2) is 8.63. The van der Waals surface area contributed by atoms with E-state index in [0.29, 0.717) is 31.9 Å². The van der Waals surface area contributed by atoms with Crippen LogP contribution in [0.2, 0.25) is 0 Å². The van der Waals surface area contributed by atoms with Crippen molar-refractivity contribution in [2.75, 3.05) is 58.7 Å². The van der Waals surface area contributed by atoms with Crippen LogP contribution in [0.25, 0.3) is 0 Å². The highest BCUT2D eigenvalue weighted by atomic mass is 16.2. The van der Waals surface area contributed by atoms with Gasteiger partial charge in [0, 0.05) is 51.5 Å². The standard InChI is InChI=1S/C17H27N5O2/c1-14(23)21-9-11-22(12-10-21)17(24)16-13-15(5-7-19-16)18-6-4-8-20(2)3/h5,7,13H,4,6,8-12H2,1-3H3,(H,18,19). The van der Waals surface area contributed by atoms with Gasteiger partial charge in [-0.15, -0.1) is 0 Å². The number of hydrogen-bond donors (Lipinski definition) is 1. The van der Waals surface area contributed by atoms with E-state index in [1.54, 1.807) is 29.0 Å². The van der Waals surface area contributed by atoms with E-state index < -0.39 is 0 Å². The molecule has 0 radical (unpaired) electrons. The molecule has 1 aromatic heterocycles. The minimum atomic E-state index is -0.0739. The van der Waals surface area contributed by atoms with Gasteiger partial charge in [-0.1, -0.05) is 0 Å². The number of rotatable bonds is 6. The normalized spacial score (nSPS) is 14.8. The molecule has 2 rings (SSSR count). The monoisotopic (exact) mass is 333 g/mol. The van der Waals surface area contributed by atoms with E-state index in [1.165, 1.54) is 0 Å². The summed E-state index contributed by atoms with van der Waals surface area (Å²) in [6, 6.07) is 3.68. The van der Waals surface area contributed by atoms with E-state index in [9.17, 15) is 9.59 Å². The largest absolute Gasteiger partial charge is 0.385 e. The van der Waals surface area contributed by atoms with Gasteiger partial charge in [-0.25, -0.2) is 0 Å². The van der Waals surface area contributed by atoms with Gasteiger partial charge in [0.05, 0.1) is 0 Å². The Balaban J connectivity index is 1.88. The first kappa shape index (κ1) is 18.2. The number of nitrogens with zero attached hydrogens (tertiary/aromatic N) is 4. The van der Waals surface area contributed by atoms with Crippen LogP contribution in [0, 0.1) is 0 Å². The summed E-state index contributed by atoms with van der Waals surface area (Å²) in [5.41, 5.74) is 1.36. The van der Waals surface area contributed by atoms with Crippen molar-refractivity contribution >= 4 is 17.5 Å². The Morgan fingerprint density at radius 3 is 2.50 bits per heavy atom. The van der Waals surface area contributed by atoms with Crippen molar-refractivity contribution in [1.29, 1.82) is 0 Å². The molecule has 132 valence electrons. The molecular formula is C17H27N5O2. The predicted octanol–water partition coefficient (Wildman–Crippen LogP) is 0.750. The second-order valence-electron chi connectivity index (χ2n) is 6.31. The summed E-state index contributed by atoms with van der Waals surface area (Å²) >= 11 is 0. The van der Waals surface area contributed by atoms with Crippen LogP contribution >= 0.6 is 0 Å². The summed E-state index contributed by atoms with van der Waals surface area (Å²) < 4.78 is 0. The Morgan fingerprint density at radius 2 is 1.88 bits per heavy atom. The number of hydrogen-bond acceptors (Lipinski definition) is 5. The fourth-order valence-electron chi connectivity index (χ4n) is 2.67. The topological polar surface area (TPSA) is 68.8 Å². The van der Waals surface area contributed by atoms with Gasteiger partial charge in [0.2, 0.25) is 5.91 Å². The average molecular weight is 333 g/mol. The zero-order chi connectivity index (χ0) is 17.5.